The van der Waals surface area contributed by atoms with Crippen LogP contribution in [-0.4, -0.2) is 42.6 Å². The maximum atomic E-state index is 12.6. The van der Waals surface area contributed by atoms with E-state index >= 15 is 0 Å². The third kappa shape index (κ3) is 4.09. The first-order valence-corrected chi connectivity index (χ1v) is 8.10. The Morgan fingerprint density at radius 2 is 2.04 bits per heavy atom. The minimum Gasteiger partial charge on any atom is -0.486 e. The van der Waals surface area contributed by atoms with Crippen molar-refractivity contribution in [3.05, 3.63) is 24.3 Å². The van der Waals surface area contributed by atoms with Gasteiger partial charge in [0, 0.05) is 18.5 Å². The molecule has 1 aliphatic carbocycles. The van der Waals surface area contributed by atoms with Gasteiger partial charge in [-0.3, -0.25) is 4.79 Å². The molecule has 6 heteroatoms. The number of hydrogen-bond donors (Lipinski definition) is 1. The summed E-state index contributed by atoms with van der Waals surface area (Å²) in [5.41, 5.74) is 5.93. The summed E-state index contributed by atoms with van der Waals surface area (Å²) in [5.74, 6) is 1.81. The fraction of sp³-hybridized carbons (Fsp3) is 0.588. The Balaban J connectivity index is 0.00000192. The number of likely N-dealkylation sites (N-methyl/N-ethyl adjacent to an activating group) is 1. The lowest BCUT2D eigenvalue weighted by Crippen LogP contribution is -2.45. The van der Waals surface area contributed by atoms with Gasteiger partial charge in [0.05, 0.1) is 6.54 Å². The van der Waals surface area contributed by atoms with E-state index < -0.39 is 0 Å². The number of nitrogens with two attached hydrogens (primary N) is 1. The molecule has 2 N–H and O–H groups in total. The molecule has 3 unspecified atom stereocenters. The van der Waals surface area contributed by atoms with Crippen LogP contribution in [0.4, 0.5) is 0 Å². The number of nitrogens with zero attached hydrogens (tertiary/aromatic N) is 1. The quantitative estimate of drug-likeness (QED) is 0.912. The number of carbonyl (C=O) groups is 1. The minimum absolute atomic E-state index is 0. The number of hydrogen-bond acceptors (Lipinski definition) is 4. The van der Waals surface area contributed by atoms with Crippen molar-refractivity contribution < 1.29 is 14.3 Å². The Hall–Kier alpha value is -1.46. The first-order valence-electron chi connectivity index (χ1n) is 8.10. The standard InChI is InChI=1S/C17H24N2O3.ClH/c1-2-19(17(20)12-7-8-13(18)9-12)10-14-11-21-15-5-3-4-6-16(15)22-14;/h3-6,12-14H,2,7-11,18H2,1H3;1H. The van der Waals surface area contributed by atoms with Crippen LogP contribution >= 0.6 is 12.4 Å². The molecule has 5 nitrogen and oxygen atoms in total. The number of para-hydroxylation sites is 2. The minimum atomic E-state index is -0.117. The number of carbonyl (C=O) groups excluding carboxylic acids is 1. The lowest BCUT2D eigenvalue weighted by Gasteiger charge is -2.32. The van der Waals surface area contributed by atoms with E-state index in [1.165, 1.54) is 0 Å². The number of benzene rings is 1. The second kappa shape index (κ2) is 7.88. The van der Waals surface area contributed by atoms with Crippen LogP contribution in [0.3, 0.4) is 0 Å². The van der Waals surface area contributed by atoms with Gasteiger partial charge in [0.1, 0.15) is 6.61 Å². The summed E-state index contributed by atoms with van der Waals surface area (Å²) < 4.78 is 11.7. The summed E-state index contributed by atoms with van der Waals surface area (Å²) >= 11 is 0. The highest BCUT2D eigenvalue weighted by atomic mass is 35.5. The van der Waals surface area contributed by atoms with Crippen molar-refractivity contribution in [2.24, 2.45) is 11.7 Å². The summed E-state index contributed by atoms with van der Waals surface area (Å²) in [6, 6.07) is 7.82. The highest BCUT2D eigenvalue weighted by Crippen LogP contribution is 2.31. The topological polar surface area (TPSA) is 64.8 Å². The van der Waals surface area contributed by atoms with Crippen LogP contribution in [0.25, 0.3) is 0 Å². The Labute approximate surface area is 143 Å². The van der Waals surface area contributed by atoms with E-state index in [0.29, 0.717) is 19.7 Å². The van der Waals surface area contributed by atoms with Crippen LogP contribution in [0.1, 0.15) is 26.2 Å². The predicted octanol–water partition coefficient (Wildman–Crippen LogP) is 2.22. The second-order valence-corrected chi connectivity index (χ2v) is 6.14. The highest BCUT2D eigenvalue weighted by Gasteiger charge is 2.32. The lowest BCUT2D eigenvalue weighted by atomic mass is 10.1. The van der Waals surface area contributed by atoms with Crippen LogP contribution in [0, 0.1) is 5.92 Å². The fourth-order valence-corrected chi connectivity index (χ4v) is 3.27. The molecule has 1 saturated carbocycles. The molecule has 1 aliphatic heterocycles. The van der Waals surface area contributed by atoms with E-state index in [4.69, 9.17) is 15.2 Å². The average Bonchev–Trinajstić information content (AvgIpc) is 2.98. The number of fused-ring (bicyclic) bond motifs is 1. The molecular weight excluding hydrogens is 316 g/mol. The molecule has 3 atom stereocenters. The molecule has 1 amide bonds. The van der Waals surface area contributed by atoms with Gasteiger partial charge in [-0.05, 0) is 38.3 Å². The maximum absolute atomic E-state index is 12.6. The van der Waals surface area contributed by atoms with Crippen LogP contribution < -0.4 is 15.2 Å². The first-order chi connectivity index (χ1) is 10.7. The molecule has 1 aromatic carbocycles. The van der Waals surface area contributed by atoms with Crippen molar-refractivity contribution in [3.8, 4) is 11.5 Å². The second-order valence-electron chi connectivity index (χ2n) is 6.14. The molecule has 128 valence electrons. The number of ether oxygens (including phenoxy) is 2. The van der Waals surface area contributed by atoms with Crippen molar-refractivity contribution in [2.45, 2.75) is 38.3 Å². The van der Waals surface area contributed by atoms with Gasteiger partial charge in [-0.1, -0.05) is 12.1 Å². The zero-order valence-corrected chi connectivity index (χ0v) is 14.3. The largest absolute Gasteiger partial charge is 0.486 e. The van der Waals surface area contributed by atoms with Crippen molar-refractivity contribution >= 4 is 18.3 Å². The summed E-state index contributed by atoms with van der Waals surface area (Å²) in [6.07, 6.45) is 2.54. The van der Waals surface area contributed by atoms with Gasteiger partial charge in [-0.2, -0.15) is 0 Å². The lowest BCUT2D eigenvalue weighted by molar-refractivity contribution is -0.136. The molecule has 1 fully saturated rings. The highest BCUT2D eigenvalue weighted by molar-refractivity contribution is 5.85. The molecular formula is C17H25ClN2O3. The van der Waals surface area contributed by atoms with E-state index in [2.05, 4.69) is 0 Å². The van der Waals surface area contributed by atoms with Crippen molar-refractivity contribution in [1.82, 2.24) is 4.90 Å². The smallest absolute Gasteiger partial charge is 0.225 e. The molecule has 0 saturated heterocycles. The van der Waals surface area contributed by atoms with E-state index in [0.717, 1.165) is 30.8 Å². The Morgan fingerprint density at radius 1 is 1.30 bits per heavy atom. The molecule has 3 rings (SSSR count). The Bertz CT molecular complexity index is 540. The average molecular weight is 341 g/mol. The van der Waals surface area contributed by atoms with Crippen LogP contribution in [0.2, 0.25) is 0 Å². The molecule has 0 spiro atoms. The summed E-state index contributed by atoms with van der Waals surface area (Å²) in [7, 11) is 0. The fourth-order valence-electron chi connectivity index (χ4n) is 3.27. The Kier molecular flexibility index (Phi) is 6.13. The third-order valence-corrected chi connectivity index (χ3v) is 4.51. The summed E-state index contributed by atoms with van der Waals surface area (Å²) in [5, 5.41) is 0. The third-order valence-electron chi connectivity index (χ3n) is 4.51. The molecule has 2 aliphatic rings. The van der Waals surface area contributed by atoms with E-state index in [1.807, 2.05) is 36.1 Å². The zero-order valence-electron chi connectivity index (χ0n) is 13.4. The van der Waals surface area contributed by atoms with Gasteiger partial charge in [-0.25, -0.2) is 0 Å². The number of rotatable bonds is 4. The van der Waals surface area contributed by atoms with Gasteiger partial charge in [-0.15, -0.1) is 12.4 Å². The number of amides is 1. The SMILES string of the molecule is CCN(CC1COc2ccccc2O1)C(=O)C1CCC(N)C1.Cl. The van der Waals surface area contributed by atoms with Crippen LogP contribution in [-0.2, 0) is 4.79 Å². The Morgan fingerprint density at radius 3 is 2.70 bits per heavy atom. The number of halogens is 1. The molecule has 0 bridgehead atoms. The van der Waals surface area contributed by atoms with Crippen molar-refractivity contribution in [3.63, 3.8) is 0 Å². The van der Waals surface area contributed by atoms with Gasteiger partial charge in [0.2, 0.25) is 5.91 Å². The van der Waals surface area contributed by atoms with Crippen molar-refractivity contribution in [2.75, 3.05) is 19.7 Å². The van der Waals surface area contributed by atoms with Crippen LogP contribution in [0.15, 0.2) is 24.3 Å². The zero-order chi connectivity index (χ0) is 15.5. The van der Waals surface area contributed by atoms with Gasteiger partial charge >= 0.3 is 0 Å². The molecule has 0 radical (unpaired) electrons. The van der Waals surface area contributed by atoms with Gasteiger partial charge < -0.3 is 20.1 Å². The predicted molar refractivity (Wildman–Crippen MR) is 91.2 cm³/mol. The summed E-state index contributed by atoms with van der Waals surface area (Å²) in [6.45, 7) is 3.73. The van der Waals surface area contributed by atoms with E-state index in [9.17, 15) is 4.79 Å². The molecule has 23 heavy (non-hydrogen) atoms. The molecule has 1 aromatic rings. The van der Waals surface area contributed by atoms with Crippen molar-refractivity contribution in [1.29, 1.82) is 0 Å². The van der Waals surface area contributed by atoms with Crippen LogP contribution in [0.5, 0.6) is 11.5 Å². The summed E-state index contributed by atoms with van der Waals surface area (Å²) in [4.78, 5) is 14.5. The van der Waals surface area contributed by atoms with Gasteiger partial charge in [0.15, 0.2) is 17.6 Å². The first kappa shape index (κ1) is 17.9. The normalized spacial score (nSPS) is 25.6. The monoisotopic (exact) mass is 340 g/mol. The van der Waals surface area contributed by atoms with Gasteiger partial charge in [0.25, 0.3) is 0 Å². The van der Waals surface area contributed by atoms with E-state index in [-0.39, 0.29) is 36.4 Å². The molecule has 1 heterocycles. The maximum Gasteiger partial charge on any atom is 0.225 e. The molecule has 0 aromatic heterocycles. The van der Waals surface area contributed by atoms with E-state index in [1.54, 1.807) is 0 Å².